The fraction of sp³-hybridized carbons (Fsp3) is 0. The number of benzene rings is 12. The summed E-state index contributed by atoms with van der Waals surface area (Å²) in [6.45, 7) is 0. The Morgan fingerprint density at radius 2 is 0.455 bits per heavy atom. The largest absolute Gasteiger partial charge is 0.305 e. The molecule has 0 aliphatic rings. The average Bonchev–Trinajstić information content (AvgIpc) is 1.51. The van der Waals surface area contributed by atoms with Gasteiger partial charge in [-0.2, -0.15) is 0 Å². The molecular formula is C82H52N6. The zero-order chi connectivity index (χ0) is 57.8. The molecule has 0 N–H and O–H groups in total. The number of hydrogen-bond donors (Lipinski definition) is 0. The first-order valence-corrected chi connectivity index (χ1v) is 30.0. The summed E-state index contributed by atoms with van der Waals surface area (Å²) in [4.78, 5) is 11.3. The molecule has 0 bridgehead atoms. The van der Waals surface area contributed by atoms with Crippen LogP contribution in [-0.4, -0.2) is 28.2 Å². The van der Waals surface area contributed by atoms with E-state index >= 15 is 0 Å². The van der Waals surface area contributed by atoms with E-state index in [1.54, 1.807) is 0 Å². The number of rotatable bonds is 9. The molecule has 6 nitrogen and oxygen atoms in total. The highest BCUT2D eigenvalue weighted by Crippen LogP contribution is 2.50. The fourth-order valence-corrected chi connectivity index (χ4v) is 14.1. The number of fused-ring (bicyclic) bond motifs is 12. The molecule has 6 aromatic heterocycles. The Kier molecular flexibility index (Phi) is 11.2. The molecule has 0 atom stereocenters. The molecule has 0 aliphatic carbocycles. The summed E-state index contributed by atoms with van der Waals surface area (Å²) in [7, 11) is 0. The van der Waals surface area contributed by atoms with E-state index in [9.17, 15) is 0 Å². The summed E-state index contributed by atoms with van der Waals surface area (Å²) in [5.74, 6) is 1.55. The Morgan fingerprint density at radius 3 is 0.750 bits per heavy atom. The summed E-state index contributed by atoms with van der Waals surface area (Å²) in [5.41, 5.74) is 21.5. The first-order chi connectivity index (χ1) is 43.7. The lowest BCUT2D eigenvalue weighted by Gasteiger charge is -2.27. The van der Waals surface area contributed by atoms with Gasteiger partial charge >= 0.3 is 0 Å². The SMILES string of the molecule is c1ccc(-c2ccc3c(c2)c2cc(-c4ccccc4)ccc2n3-c2nc(-n3c4ccc(-c5ccccc5)cc4c4cc(-c5ccccc5)ccc43)c(-n3c4ccccc4c4ccccc43)c(-c3ccncc3)c2-n2c3ccccc3c3ccccc32)cc1. The van der Waals surface area contributed by atoms with Gasteiger partial charge in [0, 0.05) is 61.0 Å². The summed E-state index contributed by atoms with van der Waals surface area (Å²) in [6, 6.07) is 111. The average molecular weight is 1120 g/mol. The summed E-state index contributed by atoms with van der Waals surface area (Å²) >= 11 is 0. The highest BCUT2D eigenvalue weighted by molar-refractivity contribution is 6.17. The van der Waals surface area contributed by atoms with Crippen molar-refractivity contribution in [3.8, 4) is 78.6 Å². The lowest BCUT2D eigenvalue weighted by Crippen LogP contribution is -2.16. The molecule has 0 saturated heterocycles. The Balaban J connectivity index is 1.09. The van der Waals surface area contributed by atoms with Crippen molar-refractivity contribution in [3.63, 3.8) is 0 Å². The number of hydrogen-bond acceptors (Lipinski definition) is 2. The second kappa shape index (κ2) is 19.9. The van der Waals surface area contributed by atoms with Crippen LogP contribution in [-0.2, 0) is 0 Å². The van der Waals surface area contributed by atoms with E-state index in [-0.39, 0.29) is 0 Å². The van der Waals surface area contributed by atoms with Crippen LogP contribution >= 0.6 is 0 Å². The molecule has 6 heterocycles. The standard InChI is InChI=1S/C82H52N6/c1-5-21-53(22-6-1)58-37-41-74-66(49-58)67-50-59(54-23-7-2-8-24-54)38-42-75(67)87(74)81-79(85-70-33-17-13-29-62(70)63-30-14-18-34-71(63)85)78(57-45-47-83-48-46-57)80(86-72-35-19-15-31-64(72)65-32-16-20-36-73(65)86)82(84-81)88-76-43-39-60(55-25-9-3-10-26-55)51-68(76)69-52-61(40-44-77(69)88)56-27-11-4-12-28-56/h1-52H. The number of pyridine rings is 2. The van der Waals surface area contributed by atoms with Crippen LogP contribution in [0.4, 0.5) is 0 Å². The van der Waals surface area contributed by atoms with Crippen molar-refractivity contribution in [3.05, 3.63) is 316 Å². The summed E-state index contributed by atoms with van der Waals surface area (Å²) < 4.78 is 9.93. The van der Waals surface area contributed by atoms with Crippen LogP contribution in [0.2, 0.25) is 0 Å². The molecule has 18 aromatic rings. The maximum atomic E-state index is 6.57. The maximum absolute atomic E-state index is 6.57. The normalized spacial score (nSPS) is 11.9. The van der Waals surface area contributed by atoms with Crippen LogP contribution in [0.25, 0.3) is 166 Å². The number of para-hydroxylation sites is 4. The molecule has 0 spiro atoms. The van der Waals surface area contributed by atoms with Gasteiger partial charge in [-0.3, -0.25) is 14.1 Å². The molecule has 0 amide bonds. The monoisotopic (exact) mass is 1120 g/mol. The molecule has 18 rings (SSSR count). The third kappa shape index (κ3) is 7.62. The second-order valence-electron chi connectivity index (χ2n) is 22.9. The van der Waals surface area contributed by atoms with Gasteiger partial charge in [-0.05, 0) is 135 Å². The van der Waals surface area contributed by atoms with E-state index in [1.165, 1.54) is 0 Å². The molecule has 0 fully saturated rings. The smallest absolute Gasteiger partial charge is 0.165 e. The van der Waals surface area contributed by atoms with Gasteiger partial charge in [-0.25, -0.2) is 4.98 Å². The number of nitrogens with zero attached hydrogens (tertiary/aromatic N) is 6. The van der Waals surface area contributed by atoms with Crippen molar-refractivity contribution in [1.29, 1.82) is 0 Å². The van der Waals surface area contributed by atoms with Crippen LogP contribution < -0.4 is 0 Å². The quantitative estimate of drug-likeness (QED) is 0.145. The van der Waals surface area contributed by atoms with Gasteiger partial charge in [0.25, 0.3) is 0 Å². The summed E-state index contributed by atoms with van der Waals surface area (Å²) in [5, 5.41) is 9.12. The molecule has 0 aliphatic heterocycles. The van der Waals surface area contributed by atoms with Gasteiger partial charge in [-0.15, -0.1) is 0 Å². The minimum Gasteiger partial charge on any atom is -0.305 e. The Morgan fingerprint density at radius 1 is 0.193 bits per heavy atom. The molecule has 88 heavy (non-hydrogen) atoms. The topological polar surface area (TPSA) is 45.5 Å². The number of aromatic nitrogens is 6. The third-order valence-corrected chi connectivity index (χ3v) is 18.1. The molecular weight excluding hydrogens is 1070 g/mol. The Hall–Kier alpha value is -11.9. The molecule has 0 saturated carbocycles. The maximum Gasteiger partial charge on any atom is 0.165 e. The lowest BCUT2D eigenvalue weighted by atomic mass is 10.0. The Labute approximate surface area is 507 Å². The van der Waals surface area contributed by atoms with E-state index in [0.29, 0.717) is 0 Å². The van der Waals surface area contributed by atoms with Gasteiger partial charge < -0.3 is 9.13 Å². The van der Waals surface area contributed by atoms with Crippen molar-refractivity contribution in [2.75, 3.05) is 0 Å². The Bertz CT molecular complexity index is 5140. The van der Waals surface area contributed by atoms with E-state index in [2.05, 4.69) is 322 Å². The van der Waals surface area contributed by atoms with Crippen molar-refractivity contribution in [1.82, 2.24) is 28.2 Å². The molecule has 410 valence electrons. The van der Waals surface area contributed by atoms with Crippen molar-refractivity contribution in [2.24, 2.45) is 0 Å². The zero-order valence-electron chi connectivity index (χ0n) is 47.7. The van der Waals surface area contributed by atoms with Gasteiger partial charge in [0.2, 0.25) is 0 Å². The summed E-state index contributed by atoms with van der Waals surface area (Å²) in [6.07, 6.45) is 3.88. The lowest BCUT2D eigenvalue weighted by molar-refractivity contribution is 0.961. The van der Waals surface area contributed by atoms with Crippen LogP contribution in [0.5, 0.6) is 0 Å². The van der Waals surface area contributed by atoms with E-state index in [1.807, 2.05) is 12.4 Å². The molecule has 0 radical (unpaired) electrons. The first-order valence-electron chi connectivity index (χ1n) is 30.0. The molecule has 12 aromatic carbocycles. The van der Waals surface area contributed by atoms with Crippen molar-refractivity contribution in [2.45, 2.75) is 0 Å². The van der Waals surface area contributed by atoms with Gasteiger partial charge in [-0.1, -0.05) is 218 Å². The predicted octanol–water partition coefficient (Wildman–Crippen LogP) is 21.2. The van der Waals surface area contributed by atoms with Crippen LogP contribution in [0.15, 0.2) is 316 Å². The molecule has 6 heteroatoms. The zero-order valence-corrected chi connectivity index (χ0v) is 47.7. The van der Waals surface area contributed by atoms with Crippen LogP contribution in [0, 0.1) is 0 Å². The van der Waals surface area contributed by atoms with E-state index in [0.717, 1.165) is 166 Å². The highest BCUT2D eigenvalue weighted by Gasteiger charge is 2.33. The van der Waals surface area contributed by atoms with Crippen molar-refractivity contribution >= 4 is 87.2 Å². The molecule has 0 unspecified atom stereocenters. The van der Waals surface area contributed by atoms with E-state index < -0.39 is 0 Å². The van der Waals surface area contributed by atoms with Crippen LogP contribution in [0.3, 0.4) is 0 Å². The van der Waals surface area contributed by atoms with Gasteiger partial charge in [0.15, 0.2) is 11.6 Å². The fourth-order valence-electron chi connectivity index (χ4n) is 14.1. The highest BCUT2D eigenvalue weighted by atomic mass is 15.2. The van der Waals surface area contributed by atoms with Crippen LogP contribution in [0.1, 0.15) is 0 Å². The predicted molar refractivity (Wildman–Crippen MR) is 367 cm³/mol. The van der Waals surface area contributed by atoms with Gasteiger partial charge in [0.05, 0.1) is 44.1 Å². The minimum absolute atomic E-state index is 0.773. The van der Waals surface area contributed by atoms with Gasteiger partial charge in [0.1, 0.15) is 11.4 Å². The minimum atomic E-state index is 0.773. The first kappa shape index (κ1) is 49.6. The second-order valence-corrected chi connectivity index (χ2v) is 22.9. The van der Waals surface area contributed by atoms with E-state index in [4.69, 9.17) is 9.97 Å². The third-order valence-electron chi connectivity index (χ3n) is 18.1. The van der Waals surface area contributed by atoms with Crippen molar-refractivity contribution < 1.29 is 0 Å².